The predicted molar refractivity (Wildman–Crippen MR) is 135 cm³/mol. The van der Waals surface area contributed by atoms with Crippen LogP contribution in [0.25, 0.3) is 6.08 Å². The van der Waals surface area contributed by atoms with Crippen molar-refractivity contribution >= 4 is 40.9 Å². The Balaban J connectivity index is 1.83. The van der Waals surface area contributed by atoms with Crippen molar-refractivity contribution in [3.63, 3.8) is 0 Å². The Morgan fingerprint density at radius 3 is 2.59 bits per heavy atom. The number of hydrogen-bond donors (Lipinski definition) is 1. The molecule has 0 aliphatic rings. The molecule has 1 N–H and O–H groups in total. The molecule has 0 radical (unpaired) electrons. The summed E-state index contributed by atoms with van der Waals surface area (Å²) in [5.41, 5.74) is 3.02. The summed E-state index contributed by atoms with van der Waals surface area (Å²) in [5.74, 6) is 0.0174. The van der Waals surface area contributed by atoms with E-state index < -0.39 is 5.91 Å². The van der Waals surface area contributed by atoms with E-state index in [1.54, 1.807) is 48.5 Å². The molecule has 3 aromatic carbocycles. The summed E-state index contributed by atoms with van der Waals surface area (Å²) >= 11 is 12.1. The first-order valence-corrected chi connectivity index (χ1v) is 10.9. The quantitative estimate of drug-likeness (QED) is 0.217. The molecule has 0 saturated carbocycles. The monoisotopic (exact) mass is 487 g/mol. The van der Waals surface area contributed by atoms with Gasteiger partial charge in [-0.3, -0.25) is 4.79 Å². The van der Waals surface area contributed by atoms with Crippen molar-refractivity contribution < 1.29 is 9.53 Å². The van der Waals surface area contributed by atoms with Crippen LogP contribution in [0.1, 0.15) is 22.3 Å². The Morgan fingerprint density at radius 1 is 1.06 bits per heavy atom. The van der Waals surface area contributed by atoms with E-state index in [9.17, 15) is 15.3 Å². The number of nitriles is 2. The van der Waals surface area contributed by atoms with Gasteiger partial charge in [0.1, 0.15) is 24.0 Å². The van der Waals surface area contributed by atoms with Gasteiger partial charge in [0.25, 0.3) is 5.91 Å². The van der Waals surface area contributed by atoms with Gasteiger partial charge in [0.05, 0.1) is 27.4 Å². The van der Waals surface area contributed by atoms with Crippen LogP contribution in [0.5, 0.6) is 5.75 Å². The van der Waals surface area contributed by atoms with Crippen LogP contribution in [0.3, 0.4) is 0 Å². The van der Waals surface area contributed by atoms with E-state index in [0.29, 0.717) is 34.0 Å². The van der Waals surface area contributed by atoms with Gasteiger partial charge < -0.3 is 10.1 Å². The van der Waals surface area contributed by atoms with Crippen LogP contribution in [0.15, 0.2) is 78.9 Å². The third-order valence-corrected chi connectivity index (χ3v) is 5.66. The highest BCUT2D eigenvalue weighted by Gasteiger charge is 2.14. The number of anilines is 1. The van der Waals surface area contributed by atoms with Gasteiger partial charge in [-0.1, -0.05) is 59.6 Å². The summed E-state index contributed by atoms with van der Waals surface area (Å²) < 4.78 is 5.96. The highest BCUT2D eigenvalue weighted by molar-refractivity contribution is 6.44. The van der Waals surface area contributed by atoms with E-state index in [4.69, 9.17) is 27.9 Å². The number of ether oxygens (including phenoxy) is 1. The zero-order valence-electron chi connectivity index (χ0n) is 18.0. The molecule has 0 fully saturated rings. The molecule has 0 spiro atoms. The van der Waals surface area contributed by atoms with Crippen molar-refractivity contribution in [1.29, 1.82) is 10.5 Å². The summed E-state index contributed by atoms with van der Waals surface area (Å²) in [4.78, 5) is 12.6. The van der Waals surface area contributed by atoms with Crippen LogP contribution in [0, 0.1) is 22.7 Å². The number of benzene rings is 3. The van der Waals surface area contributed by atoms with Crippen molar-refractivity contribution in [2.24, 2.45) is 0 Å². The number of carbonyl (C=O) groups is 1. The molecule has 0 unspecified atom stereocenters. The molecule has 0 aliphatic heterocycles. The topological polar surface area (TPSA) is 85.9 Å². The van der Waals surface area contributed by atoms with Gasteiger partial charge in [0.2, 0.25) is 0 Å². The van der Waals surface area contributed by atoms with Crippen LogP contribution in [-0.2, 0) is 17.8 Å². The zero-order valence-corrected chi connectivity index (χ0v) is 19.5. The Labute approximate surface area is 208 Å². The van der Waals surface area contributed by atoms with E-state index >= 15 is 0 Å². The minimum absolute atomic E-state index is 0.0998. The molecule has 3 rings (SSSR count). The SMILES string of the molecule is C=CCc1cc(/C=C(/C#N)C(=O)Nc2cccc(Cl)c2Cl)ccc1OCc1ccccc1C#N. The molecule has 3 aromatic rings. The molecule has 168 valence electrons. The van der Waals surface area contributed by atoms with Crippen LogP contribution in [-0.4, -0.2) is 5.91 Å². The van der Waals surface area contributed by atoms with Gasteiger partial charge in [0, 0.05) is 5.56 Å². The maximum atomic E-state index is 12.6. The molecule has 5 nitrogen and oxygen atoms in total. The molecular weight excluding hydrogens is 469 g/mol. The number of carbonyl (C=O) groups excluding carboxylic acids is 1. The van der Waals surface area contributed by atoms with Crippen LogP contribution < -0.4 is 10.1 Å². The van der Waals surface area contributed by atoms with E-state index in [-0.39, 0.29) is 17.2 Å². The second-order valence-electron chi connectivity index (χ2n) is 7.14. The lowest BCUT2D eigenvalue weighted by atomic mass is 10.0. The molecule has 0 aromatic heterocycles. The Kier molecular flexibility index (Phi) is 8.48. The van der Waals surface area contributed by atoms with Crippen LogP contribution >= 0.6 is 23.2 Å². The smallest absolute Gasteiger partial charge is 0.266 e. The molecule has 0 saturated heterocycles. The maximum absolute atomic E-state index is 12.6. The van der Waals surface area contributed by atoms with Crippen molar-refractivity contribution in [2.45, 2.75) is 13.0 Å². The summed E-state index contributed by atoms with van der Waals surface area (Å²) in [5, 5.41) is 21.9. The fraction of sp³-hybridized carbons (Fsp3) is 0.0741. The van der Waals surface area contributed by atoms with E-state index in [2.05, 4.69) is 18.0 Å². The molecular formula is C27H19Cl2N3O2. The molecule has 7 heteroatoms. The highest BCUT2D eigenvalue weighted by Crippen LogP contribution is 2.30. The molecule has 0 aliphatic carbocycles. The summed E-state index contributed by atoms with van der Waals surface area (Å²) in [6.45, 7) is 4.02. The van der Waals surface area contributed by atoms with Gasteiger partial charge >= 0.3 is 0 Å². The minimum atomic E-state index is -0.606. The predicted octanol–water partition coefficient (Wildman–Crippen LogP) is 6.72. The molecule has 34 heavy (non-hydrogen) atoms. The number of allylic oxidation sites excluding steroid dienone is 1. The van der Waals surface area contributed by atoms with Crippen molar-refractivity contribution in [1.82, 2.24) is 0 Å². The first-order chi connectivity index (χ1) is 16.5. The zero-order chi connectivity index (χ0) is 24.5. The molecule has 0 heterocycles. The summed E-state index contributed by atoms with van der Waals surface area (Å²) in [6.07, 6.45) is 3.73. The van der Waals surface area contributed by atoms with Crippen molar-refractivity contribution in [2.75, 3.05) is 5.32 Å². The number of nitrogens with one attached hydrogen (secondary N) is 1. The average Bonchev–Trinajstić information content (AvgIpc) is 2.85. The fourth-order valence-electron chi connectivity index (χ4n) is 3.16. The first-order valence-electron chi connectivity index (χ1n) is 10.2. The van der Waals surface area contributed by atoms with Gasteiger partial charge in [-0.05, 0) is 54.0 Å². The van der Waals surface area contributed by atoms with Crippen molar-refractivity contribution in [3.05, 3.63) is 111 Å². The second kappa shape index (κ2) is 11.7. The molecule has 0 bridgehead atoms. The fourth-order valence-corrected chi connectivity index (χ4v) is 3.51. The van der Waals surface area contributed by atoms with Gasteiger partial charge in [0.15, 0.2) is 0 Å². The van der Waals surface area contributed by atoms with E-state index in [1.807, 2.05) is 24.3 Å². The van der Waals surface area contributed by atoms with Gasteiger partial charge in [-0.15, -0.1) is 6.58 Å². The third kappa shape index (κ3) is 6.05. The lowest BCUT2D eigenvalue weighted by molar-refractivity contribution is -0.112. The third-order valence-electron chi connectivity index (χ3n) is 4.85. The van der Waals surface area contributed by atoms with E-state index in [0.717, 1.165) is 11.1 Å². The Bertz CT molecular complexity index is 1350. The maximum Gasteiger partial charge on any atom is 0.266 e. The molecule has 1 amide bonds. The second-order valence-corrected chi connectivity index (χ2v) is 7.93. The van der Waals surface area contributed by atoms with Gasteiger partial charge in [-0.2, -0.15) is 10.5 Å². The number of amides is 1. The average molecular weight is 488 g/mol. The van der Waals surface area contributed by atoms with Gasteiger partial charge in [-0.25, -0.2) is 0 Å². The van der Waals surface area contributed by atoms with Crippen LogP contribution in [0.2, 0.25) is 10.0 Å². The standard InChI is InChI=1S/C27H19Cl2N3O2/c1-2-6-19-13-18(11-12-25(19)34-17-21-8-4-3-7-20(21)15-30)14-22(16-31)27(33)32-24-10-5-9-23(28)26(24)29/h2-5,7-14H,1,6,17H2,(H,32,33)/b22-14-. The Morgan fingerprint density at radius 2 is 1.85 bits per heavy atom. The first kappa shape index (κ1) is 24.6. The van der Waals surface area contributed by atoms with Crippen molar-refractivity contribution in [3.8, 4) is 17.9 Å². The highest BCUT2D eigenvalue weighted by atomic mass is 35.5. The van der Waals surface area contributed by atoms with E-state index in [1.165, 1.54) is 6.08 Å². The number of hydrogen-bond acceptors (Lipinski definition) is 4. The Hall–Kier alpha value is -4.03. The lowest BCUT2D eigenvalue weighted by Gasteiger charge is -2.12. The largest absolute Gasteiger partial charge is 0.489 e. The minimum Gasteiger partial charge on any atom is -0.489 e. The lowest BCUT2D eigenvalue weighted by Crippen LogP contribution is -2.13. The molecule has 0 atom stereocenters. The number of halogens is 2. The summed E-state index contributed by atoms with van der Waals surface area (Å²) in [7, 11) is 0. The number of nitrogens with zero attached hydrogens (tertiary/aromatic N) is 2. The summed E-state index contributed by atoms with van der Waals surface area (Å²) in [6, 6.07) is 21.5. The number of rotatable bonds is 8. The van der Waals surface area contributed by atoms with Crippen LogP contribution in [0.4, 0.5) is 5.69 Å². The normalized spacial score (nSPS) is 10.6.